The van der Waals surface area contributed by atoms with E-state index in [-0.39, 0.29) is 16.0 Å². The zero-order valence-corrected chi connectivity index (χ0v) is 13.5. The molecule has 1 aliphatic rings. The SMILES string of the molecule is Cc1ncc(S(=O)(=O)NC(/C(N)=N/O)C2CCCCC2)s1. The van der Waals surface area contributed by atoms with E-state index in [4.69, 9.17) is 10.9 Å². The van der Waals surface area contributed by atoms with Crippen LogP contribution in [0.25, 0.3) is 0 Å². The largest absolute Gasteiger partial charge is 0.409 e. The van der Waals surface area contributed by atoms with E-state index in [1.165, 1.54) is 6.20 Å². The molecule has 1 atom stereocenters. The Labute approximate surface area is 128 Å². The summed E-state index contributed by atoms with van der Waals surface area (Å²) >= 11 is 1.10. The zero-order valence-electron chi connectivity index (χ0n) is 11.8. The molecule has 2 rings (SSSR count). The maximum atomic E-state index is 12.4. The highest BCUT2D eigenvalue weighted by molar-refractivity contribution is 7.91. The molecule has 0 spiro atoms. The van der Waals surface area contributed by atoms with Crippen LogP contribution in [0.15, 0.2) is 15.6 Å². The van der Waals surface area contributed by atoms with Crippen molar-refractivity contribution in [3.63, 3.8) is 0 Å². The molecular weight excluding hydrogens is 312 g/mol. The fraction of sp³-hybridized carbons (Fsp3) is 0.667. The highest BCUT2D eigenvalue weighted by Crippen LogP contribution is 2.28. The molecule has 9 heteroatoms. The molecule has 0 aliphatic heterocycles. The minimum Gasteiger partial charge on any atom is -0.409 e. The topological polar surface area (TPSA) is 118 Å². The van der Waals surface area contributed by atoms with Gasteiger partial charge in [0, 0.05) is 0 Å². The van der Waals surface area contributed by atoms with Crippen LogP contribution in [0.2, 0.25) is 0 Å². The van der Waals surface area contributed by atoms with Crippen molar-refractivity contribution in [1.82, 2.24) is 9.71 Å². The van der Waals surface area contributed by atoms with Crippen LogP contribution in [0.3, 0.4) is 0 Å². The van der Waals surface area contributed by atoms with Crippen molar-refractivity contribution < 1.29 is 13.6 Å². The first-order valence-electron chi connectivity index (χ1n) is 6.86. The number of thiazole rings is 1. The minimum absolute atomic E-state index is 0.0541. The molecule has 1 aliphatic carbocycles. The number of oxime groups is 1. The van der Waals surface area contributed by atoms with Crippen molar-refractivity contribution in [2.75, 3.05) is 0 Å². The predicted octanol–water partition coefficient (Wildman–Crippen LogP) is 1.43. The first kappa shape index (κ1) is 16.2. The number of nitrogens with two attached hydrogens (primary N) is 1. The summed E-state index contributed by atoms with van der Waals surface area (Å²) in [5, 5.41) is 12.6. The van der Waals surface area contributed by atoms with Gasteiger partial charge in [0.1, 0.15) is 0 Å². The molecule has 4 N–H and O–H groups in total. The highest BCUT2D eigenvalue weighted by Gasteiger charge is 2.32. The smallest absolute Gasteiger partial charge is 0.252 e. The molecular formula is C12H20N4O3S2. The number of rotatable bonds is 5. The Morgan fingerprint density at radius 3 is 2.71 bits per heavy atom. The lowest BCUT2D eigenvalue weighted by molar-refractivity contribution is 0.297. The molecule has 7 nitrogen and oxygen atoms in total. The Morgan fingerprint density at radius 1 is 1.52 bits per heavy atom. The van der Waals surface area contributed by atoms with Gasteiger partial charge in [-0.2, -0.15) is 4.72 Å². The van der Waals surface area contributed by atoms with E-state index in [0.717, 1.165) is 43.4 Å². The van der Waals surface area contributed by atoms with Gasteiger partial charge in [0.15, 0.2) is 10.0 Å². The monoisotopic (exact) mass is 332 g/mol. The summed E-state index contributed by atoms with van der Waals surface area (Å²) in [7, 11) is -3.71. The molecule has 1 saturated carbocycles. The molecule has 21 heavy (non-hydrogen) atoms. The van der Waals surface area contributed by atoms with Crippen LogP contribution < -0.4 is 10.5 Å². The van der Waals surface area contributed by atoms with Crippen LogP contribution in [-0.2, 0) is 10.0 Å². The third-order valence-electron chi connectivity index (χ3n) is 3.70. The summed E-state index contributed by atoms with van der Waals surface area (Å²) in [6.07, 6.45) is 6.26. The Kier molecular flexibility index (Phi) is 5.17. The van der Waals surface area contributed by atoms with Crippen molar-refractivity contribution in [3.05, 3.63) is 11.2 Å². The summed E-state index contributed by atoms with van der Waals surface area (Å²) < 4.78 is 27.5. The van der Waals surface area contributed by atoms with Crippen molar-refractivity contribution in [2.24, 2.45) is 16.8 Å². The second-order valence-corrected chi connectivity index (χ2v) is 8.40. The third kappa shape index (κ3) is 3.92. The molecule has 1 fully saturated rings. The van der Waals surface area contributed by atoms with Gasteiger partial charge in [-0.05, 0) is 25.7 Å². The number of aromatic nitrogens is 1. The molecule has 0 radical (unpaired) electrons. The number of sulfonamides is 1. The van der Waals surface area contributed by atoms with Crippen LogP contribution in [0.5, 0.6) is 0 Å². The van der Waals surface area contributed by atoms with Crippen LogP contribution in [0, 0.1) is 12.8 Å². The number of nitrogens with zero attached hydrogens (tertiary/aromatic N) is 2. The molecule has 0 aromatic carbocycles. The van der Waals surface area contributed by atoms with Crippen LogP contribution in [-0.4, -0.2) is 30.5 Å². The number of aryl methyl sites for hydroxylation is 1. The molecule has 1 aromatic heterocycles. The summed E-state index contributed by atoms with van der Waals surface area (Å²) in [6.45, 7) is 1.74. The standard InChI is InChI=1S/C12H20N4O3S2/c1-8-14-7-10(20-8)21(18,19)16-11(12(13)15-17)9-5-3-2-4-6-9/h7,9,11,16-17H,2-6H2,1H3,(H2,13,15). The van der Waals surface area contributed by atoms with Gasteiger partial charge in [0.25, 0.3) is 10.0 Å². The maximum Gasteiger partial charge on any atom is 0.252 e. The minimum atomic E-state index is -3.71. The second-order valence-electron chi connectivity index (χ2n) is 5.22. The summed E-state index contributed by atoms with van der Waals surface area (Å²) in [4.78, 5) is 3.96. The Bertz CT molecular complexity index is 606. The van der Waals surface area contributed by atoms with Gasteiger partial charge in [-0.15, -0.1) is 11.3 Å². The van der Waals surface area contributed by atoms with Gasteiger partial charge in [-0.25, -0.2) is 13.4 Å². The summed E-state index contributed by atoms with van der Waals surface area (Å²) in [5.74, 6) is -0.0369. The maximum absolute atomic E-state index is 12.4. The van der Waals surface area contributed by atoms with Crippen molar-refractivity contribution in [1.29, 1.82) is 0 Å². The van der Waals surface area contributed by atoms with Crippen LogP contribution in [0.1, 0.15) is 37.1 Å². The Hall–Kier alpha value is -1.19. The molecule has 1 heterocycles. The van der Waals surface area contributed by atoms with Crippen molar-refractivity contribution in [2.45, 2.75) is 49.3 Å². The Balaban J connectivity index is 2.22. The molecule has 1 unspecified atom stereocenters. The molecule has 1 aromatic rings. The lowest BCUT2D eigenvalue weighted by Gasteiger charge is -2.29. The van der Waals surface area contributed by atoms with Crippen molar-refractivity contribution in [3.8, 4) is 0 Å². The van der Waals surface area contributed by atoms with Gasteiger partial charge in [0.2, 0.25) is 0 Å². The average Bonchev–Trinajstić information content (AvgIpc) is 2.92. The van der Waals surface area contributed by atoms with E-state index in [2.05, 4.69) is 14.9 Å². The van der Waals surface area contributed by atoms with E-state index in [0.29, 0.717) is 5.01 Å². The normalized spacial score (nSPS) is 19.6. The third-order valence-corrected chi connectivity index (χ3v) is 6.52. The molecule has 0 bridgehead atoms. The highest BCUT2D eigenvalue weighted by atomic mass is 32.2. The summed E-state index contributed by atoms with van der Waals surface area (Å²) in [6, 6.07) is -0.678. The first-order chi connectivity index (χ1) is 9.94. The van der Waals surface area contributed by atoms with Gasteiger partial charge in [-0.3, -0.25) is 0 Å². The number of hydrogen-bond donors (Lipinski definition) is 3. The van der Waals surface area contributed by atoms with Gasteiger partial charge in [0.05, 0.1) is 17.2 Å². The quantitative estimate of drug-likeness (QED) is 0.326. The van der Waals surface area contributed by atoms with Crippen LogP contribution in [0.4, 0.5) is 0 Å². The molecule has 0 amide bonds. The zero-order chi connectivity index (χ0) is 15.5. The molecule has 0 saturated heterocycles. The number of amidine groups is 1. The van der Waals surface area contributed by atoms with E-state index in [9.17, 15) is 8.42 Å². The average molecular weight is 332 g/mol. The van der Waals surface area contributed by atoms with E-state index in [1.807, 2.05) is 0 Å². The van der Waals surface area contributed by atoms with Gasteiger partial charge in [-0.1, -0.05) is 24.4 Å². The van der Waals surface area contributed by atoms with Gasteiger partial charge < -0.3 is 10.9 Å². The first-order valence-corrected chi connectivity index (χ1v) is 9.16. The Morgan fingerprint density at radius 2 is 2.19 bits per heavy atom. The summed E-state index contributed by atoms with van der Waals surface area (Å²) in [5.41, 5.74) is 5.70. The van der Waals surface area contributed by atoms with E-state index in [1.54, 1.807) is 6.92 Å². The van der Waals surface area contributed by atoms with E-state index < -0.39 is 16.1 Å². The fourth-order valence-electron chi connectivity index (χ4n) is 2.62. The van der Waals surface area contributed by atoms with Crippen LogP contribution >= 0.6 is 11.3 Å². The number of nitrogens with one attached hydrogen (secondary N) is 1. The van der Waals surface area contributed by atoms with Crippen molar-refractivity contribution >= 4 is 27.2 Å². The van der Waals surface area contributed by atoms with E-state index >= 15 is 0 Å². The lowest BCUT2D eigenvalue weighted by atomic mass is 9.84. The second kappa shape index (κ2) is 6.71. The van der Waals surface area contributed by atoms with Gasteiger partial charge >= 0.3 is 0 Å². The fourth-order valence-corrected chi connectivity index (χ4v) is 5.02. The predicted molar refractivity (Wildman–Crippen MR) is 80.9 cm³/mol. The number of hydrogen-bond acceptors (Lipinski definition) is 6. The molecule has 118 valence electrons. The lowest BCUT2D eigenvalue weighted by Crippen LogP contribution is -2.49.